The Labute approximate surface area is 144 Å². The molecular weight excluding hydrogens is 329 g/mol. The lowest BCUT2D eigenvalue weighted by atomic mass is 9.97. The van der Waals surface area contributed by atoms with E-state index in [1.165, 1.54) is 11.6 Å². The maximum absolute atomic E-state index is 13.6. The van der Waals surface area contributed by atoms with Gasteiger partial charge >= 0.3 is 6.18 Å². The lowest BCUT2D eigenvalue weighted by Gasteiger charge is -2.29. The molecule has 134 valence electrons. The number of rotatable bonds is 4. The number of hydrogen-bond acceptors (Lipinski definition) is 2. The van der Waals surface area contributed by atoms with Crippen LogP contribution in [-0.2, 0) is 11.2 Å². The van der Waals surface area contributed by atoms with E-state index in [1.807, 2.05) is 18.2 Å². The van der Waals surface area contributed by atoms with Crippen LogP contribution in [0.1, 0.15) is 37.4 Å². The number of hydrazine groups is 1. The van der Waals surface area contributed by atoms with Crippen molar-refractivity contribution in [2.45, 2.75) is 38.9 Å². The summed E-state index contributed by atoms with van der Waals surface area (Å²) in [4.78, 5) is 11.3. The molecule has 25 heavy (non-hydrogen) atoms. The summed E-state index contributed by atoms with van der Waals surface area (Å²) in [5.41, 5.74) is 3.63. The molecule has 1 aliphatic heterocycles. The highest BCUT2D eigenvalue weighted by Gasteiger charge is 2.46. The number of halogens is 3. The first-order chi connectivity index (χ1) is 11.7. The van der Waals surface area contributed by atoms with Crippen LogP contribution in [0.15, 0.2) is 36.4 Å². The molecule has 1 saturated heterocycles. The van der Waals surface area contributed by atoms with E-state index in [2.05, 4.69) is 19.3 Å². The van der Waals surface area contributed by atoms with Crippen molar-refractivity contribution in [2.75, 3.05) is 6.54 Å². The largest absolute Gasteiger partial charge is 0.409 e. The normalized spacial score (nSPS) is 17.3. The van der Waals surface area contributed by atoms with E-state index in [-0.39, 0.29) is 24.4 Å². The molecule has 0 aliphatic carbocycles. The van der Waals surface area contributed by atoms with Crippen molar-refractivity contribution >= 4 is 16.7 Å². The second-order valence-electron chi connectivity index (χ2n) is 6.96. The Morgan fingerprint density at radius 2 is 1.80 bits per heavy atom. The number of nitrogens with zero attached hydrogens (tertiary/aromatic N) is 1. The van der Waals surface area contributed by atoms with Gasteiger partial charge in [-0.25, -0.2) is 5.01 Å². The molecular formula is C19H21F3N2O. The molecule has 0 bridgehead atoms. The molecule has 3 rings (SSSR count). The van der Waals surface area contributed by atoms with E-state index in [9.17, 15) is 18.0 Å². The zero-order valence-corrected chi connectivity index (χ0v) is 14.2. The summed E-state index contributed by atoms with van der Waals surface area (Å²) < 4.78 is 40.8. The lowest BCUT2D eigenvalue weighted by molar-refractivity contribution is -0.191. The third-order valence-corrected chi connectivity index (χ3v) is 4.36. The highest BCUT2D eigenvalue weighted by Crippen LogP contribution is 2.38. The summed E-state index contributed by atoms with van der Waals surface area (Å²) in [5, 5.41) is 2.68. The standard InChI is InChI=1S/C19H21F3N2O/c1-12(2)9-13-3-4-15-11-16(6-5-14(15)10-13)18(19(20,21)22)24-8-7-17(25)23-24/h3-6,10-12,18H,7-9H2,1-2H3,(H,23,25)/t18-/m0/s1. The van der Waals surface area contributed by atoms with Crippen LogP contribution < -0.4 is 5.43 Å². The minimum absolute atomic E-state index is 0.0500. The number of amides is 1. The molecule has 0 unspecified atom stereocenters. The van der Waals surface area contributed by atoms with Gasteiger partial charge in [0.15, 0.2) is 0 Å². The monoisotopic (exact) mass is 350 g/mol. The third-order valence-electron chi connectivity index (χ3n) is 4.36. The molecule has 0 radical (unpaired) electrons. The molecule has 6 heteroatoms. The fraction of sp³-hybridized carbons (Fsp3) is 0.421. The van der Waals surface area contributed by atoms with Gasteiger partial charge in [-0.2, -0.15) is 13.2 Å². The zero-order chi connectivity index (χ0) is 18.2. The number of carbonyl (C=O) groups is 1. The molecule has 3 nitrogen and oxygen atoms in total. The van der Waals surface area contributed by atoms with Gasteiger partial charge in [0, 0.05) is 13.0 Å². The molecule has 0 aromatic heterocycles. The predicted octanol–water partition coefficient (Wildman–Crippen LogP) is 4.38. The van der Waals surface area contributed by atoms with Gasteiger partial charge in [0.05, 0.1) is 0 Å². The van der Waals surface area contributed by atoms with E-state index < -0.39 is 12.2 Å². The number of alkyl halides is 3. The van der Waals surface area contributed by atoms with E-state index in [1.54, 1.807) is 12.1 Å². The summed E-state index contributed by atoms with van der Waals surface area (Å²) in [6.45, 7) is 4.31. The Kier molecular flexibility index (Phi) is 4.73. The van der Waals surface area contributed by atoms with Crippen LogP contribution in [0, 0.1) is 5.92 Å². The van der Waals surface area contributed by atoms with Gasteiger partial charge in [-0.15, -0.1) is 0 Å². The first-order valence-electron chi connectivity index (χ1n) is 8.39. The van der Waals surface area contributed by atoms with Crippen molar-refractivity contribution in [2.24, 2.45) is 5.92 Å². The summed E-state index contributed by atoms with van der Waals surface area (Å²) in [7, 11) is 0. The van der Waals surface area contributed by atoms with Gasteiger partial charge in [0.2, 0.25) is 5.91 Å². The first kappa shape index (κ1) is 17.7. The van der Waals surface area contributed by atoms with Gasteiger partial charge in [-0.1, -0.05) is 44.2 Å². The Bertz CT molecular complexity index is 786. The van der Waals surface area contributed by atoms with E-state index in [4.69, 9.17) is 0 Å². The average molecular weight is 350 g/mol. The molecule has 1 aliphatic rings. The second kappa shape index (κ2) is 6.67. The number of hydrogen-bond donors (Lipinski definition) is 1. The number of fused-ring (bicyclic) bond motifs is 1. The molecule has 0 saturated carbocycles. The van der Waals surface area contributed by atoms with E-state index >= 15 is 0 Å². The Balaban J connectivity index is 1.96. The molecule has 2 aromatic carbocycles. The van der Waals surface area contributed by atoms with Crippen molar-refractivity contribution in [3.8, 4) is 0 Å². The van der Waals surface area contributed by atoms with Crippen molar-refractivity contribution in [1.29, 1.82) is 0 Å². The highest BCUT2D eigenvalue weighted by atomic mass is 19.4. The summed E-state index contributed by atoms with van der Waals surface area (Å²) in [6.07, 6.45) is -3.45. The van der Waals surface area contributed by atoms with Gasteiger partial charge in [0.1, 0.15) is 6.04 Å². The lowest BCUT2D eigenvalue weighted by Crippen LogP contribution is -2.43. The zero-order valence-electron chi connectivity index (χ0n) is 14.2. The SMILES string of the molecule is CC(C)Cc1ccc2cc([C@H](N3CCC(=O)N3)C(F)(F)F)ccc2c1. The number of carbonyl (C=O) groups excluding carboxylic acids is 1. The number of benzene rings is 2. The summed E-state index contributed by atoms with van der Waals surface area (Å²) in [5.74, 6) is 0.137. The molecule has 1 N–H and O–H groups in total. The first-order valence-corrected chi connectivity index (χ1v) is 8.39. The third kappa shape index (κ3) is 3.95. The quantitative estimate of drug-likeness (QED) is 0.888. The highest BCUT2D eigenvalue weighted by molar-refractivity contribution is 5.84. The van der Waals surface area contributed by atoms with Gasteiger partial charge in [0.25, 0.3) is 0 Å². The van der Waals surface area contributed by atoms with Crippen LogP contribution in [0.4, 0.5) is 13.2 Å². The van der Waals surface area contributed by atoms with Gasteiger partial charge in [-0.3, -0.25) is 10.2 Å². The van der Waals surface area contributed by atoms with Gasteiger partial charge in [-0.05, 0) is 40.3 Å². The average Bonchev–Trinajstić information content (AvgIpc) is 2.91. The van der Waals surface area contributed by atoms with E-state index in [0.717, 1.165) is 22.2 Å². The molecule has 1 fully saturated rings. The smallest absolute Gasteiger partial charge is 0.288 e. The Hall–Kier alpha value is -2.08. The van der Waals surface area contributed by atoms with E-state index in [0.29, 0.717) is 5.92 Å². The van der Waals surface area contributed by atoms with Crippen molar-refractivity contribution in [3.63, 3.8) is 0 Å². The minimum Gasteiger partial charge on any atom is -0.288 e. The van der Waals surface area contributed by atoms with Crippen LogP contribution in [0.3, 0.4) is 0 Å². The fourth-order valence-corrected chi connectivity index (χ4v) is 3.32. The fourth-order valence-electron chi connectivity index (χ4n) is 3.32. The predicted molar refractivity (Wildman–Crippen MR) is 90.8 cm³/mol. The van der Waals surface area contributed by atoms with Crippen molar-refractivity contribution < 1.29 is 18.0 Å². The van der Waals surface area contributed by atoms with Crippen LogP contribution in [0.25, 0.3) is 10.8 Å². The second-order valence-corrected chi connectivity index (χ2v) is 6.96. The number of nitrogens with one attached hydrogen (secondary N) is 1. The summed E-state index contributed by atoms with van der Waals surface area (Å²) >= 11 is 0. The molecule has 1 heterocycles. The topological polar surface area (TPSA) is 32.3 Å². The maximum atomic E-state index is 13.6. The maximum Gasteiger partial charge on any atom is 0.409 e. The molecule has 0 spiro atoms. The summed E-state index contributed by atoms with van der Waals surface area (Å²) in [6, 6.07) is 8.82. The van der Waals surface area contributed by atoms with Crippen LogP contribution in [0.2, 0.25) is 0 Å². The van der Waals surface area contributed by atoms with Crippen LogP contribution in [-0.4, -0.2) is 23.6 Å². The Morgan fingerprint density at radius 3 is 2.40 bits per heavy atom. The van der Waals surface area contributed by atoms with Crippen LogP contribution in [0.5, 0.6) is 0 Å². The molecule has 1 amide bonds. The molecule has 1 atom stereocenters. The minimum atomic E-state index is -4.47. The van der Waals surface area contributed by atoms with Crippen molar-refractivity contribution in [3.05, 3.63) is 47.5 Å². The van der Waals surface area contributed by atoms with Crippen molar-refractivity contribution in [1.82, 2.24) is 10.4 Å². The van der Waals surface area contributed by atoms with Gasteiger partial charge < -0.3 is 0 Å². The van der Waals surface area contributed by atoms with Crippen LogP contribution >= 0.6 is 0 Å². The Morgan fingerprint density at radius 1 is 1.12 bits per heavy atom. The molecule has 2 aromatic rings.